The zero-order valence-electron chi connectivity index (χ0n) is 11.8. The molecule has 1 heterocycles. The monoisotopic (exact) mass is 304 g/mol. The number of rotatable bonds is 6. The molecule has 5 nitrogen and oxygen atoms in total. The van der Waals surface area contributed by atoms with Gasteiger partial charge in [0.1, 0.15) is 5.82 Å². The lowest BCUT2D eigenvalue weighted by Crippen LogP contribution is -2.24. The topological polar surface area (TPSA) is 58.1 Å². The van der Waals surface area contributed by atoms with Crippen molar-refractivity contribution in [2.45, 2.75) is 13.0 Å². The summed E-state index contributed by atoms with van der Waals surface area (Å²) in [6, 6.07) is 8.96. The molecule has 0 saturated heterocycles. The molecule has 0 aliphatic carbocycles. The van der Waals surface area contributed by atoms with Gasteiger partial charge in [-0.3, -0.25) is 9.69 Å². The Morgan fingerprint density at radius 1 is 1.24 bits per heavy atom. The number of carbonyl (C=O) groups excluding carboxylic acids is 1. The van der Waals surface area contributed by atoms with Gasteiger partial charge in [-0.1, -0.05) is 23.7 Å². The third kappa shape index (κ3) is 5.13. The largest absolute Gasteiger partial charge is 0.325 e. The summed E-state index contributed by atoms with van der Waals surface area (Å²) in [5.41, 5.74) is 0.637. The van der Waals surface area contributed by atoms with Crippen molar-refractivity contribution in [1.82, 2.24) is 14.9 Å². The Morgan fingerprint density at radius 3 is 2.67 bits per heavy atom. The summed E-state index contributed by atoms with van der Waals surface area (Å²) < 4.78 is 0. The maximum Gasteiger partial charge on any atom is 0.225 e. The highest BCUT2D eigenvalue weighted by Crippen LogP contribution is 2.20. The number of amides is 1. The van der Waals surface area contributed by atoms with E-state index in [4.69, 9.17) is 11.6 Å². The lowest BCUT2D eigenvalue weighted by atomic mass is 10.3. The first-order chi connectivity index (χ1) is 10.1. The van der Waals surface area contributed by atoms with Crippen LogP contribution in [0, 0.1) is 0 Å². The number of benzene rings is 1. The maximum absolute atomic E-state index is 11.9. The quantitative estimate of drug-likeness (QED) is 0.891. The van der Waals surface area contributed by atoms with E-state index >= 15 is 0 Å². The van der Waals surface area contributed by atoms with Gasteiger partial charge in [0.2, 0.25) is 5.91 Å². The van der Waals surface area contributed by atoms with Gasteiger partial charge < -0.3 is 5.32 Å². The van der Waals surface area contributed by atoms with E-state index in [0.717, 1.165) is 5.82 Å². The molecule has 21 heavy (non-hydrogen) atoms. The molecule has 6 heteroatoms. The number of nitrogens with one attached hydrogen (secondary N) is 1. The van der Waals surface area contributed by atoms with Crippen molar-refractivity contribution in [3.8, 4) is 0 Å². The third-order valence-electron chi connectivity index (χ3n) is 2.90. The number of anilines is 1. The van der Waals surface area contributed by atoms with E-state index in [2.05, 4.69) is 15.3 Å². The molecular formula is C15H17ClN4O. The van der Waals surface area contributed by atoms with E-state index in [1.165, 1.54) is 0 Å². The van der Waals surface area contributed by atoms with E-state index < -0.39 is 0 Å². The highest BCUT2D eigenvalue weighted by molar-refractivity contribution is 6.33. The number of nitrogens with zero attached hydrogens (tertiary/aromatic N) is 3. The molecular weight excluding hydrogens is 288 g/mol. The summed E-state index contributed by atoms with van der Waals surface area (Å²) in [5.74, 6) is 0.676. The Bertz CT molecular complexity index is 591. The van der Waals surface area contributed by atoms with Gasteiger partial charge in [0.05, 0.1) is 17.3 Å². The molecule has 2 rings (SSSR count). The van der Waals surface area contributed by atoms with Gasteiger partial charge in [0.25, 0.3) is 0 Å². The molecule has 0 aliphatic heterocycles. The molecule has 0 atom stereocenters. The summed E-state index contributed by atoms with van der Waals surface area (Å²) >= 11 is 6.00. The minimum absolute atomic E-state index is 0.0658. The number of para-hydroxylation sites is 1. The molecule has 0 saturated carbocycles. The summed E-state index contributed by atoms with van der Waals surface area (Å²) in [7, 11) is 1.93. The lowest BCUT2D eigenvalue weighted by Gasteiger charge is -2.15. The van der Waals surface area contributed by atoms with Crippen LogP contribution in [0.4, 0.5) is 5.69 Å². The minimum Gasteiger partial charge on any atom is -0.325 e. The predicted octanol–water partition coefficient (Wildman–Crippen LogP) is 2.59. The van der Waals surface area contributed by atoms with Gasteiger partial charge in [-0.25, -0.2) is 9.97 Å². The van der Waals surface area contributed by atoms with Gasteiger partial charge in [-0.15, -0.1) is 0 Å². The fourth-order valence-electron chi connectivity index (χ4n) is 1.80. The second kappa shape index (κ2) is 7.71. The Hall–Kier alpha value is -1.98. The van der Waals surface area contributed by atoms with Gasteiger partial charge in [-0.2, -0.15) is 0 Å². The highest BCUT2D eigenvalue weighted by Gasteiger charge is 2.08. The van der Waals surface area contributed by atoms with Crippen LogP contribution in [0.1, 0.15) is 12.2 Å². The zero-order valence-corrected chi connectivity index (χ0v) is 12.5. The summed E-state index contributed by atoms with van der Waals surface area (Å²) in [6.07, 6.45) is 3.80. The molecule has 0 bridgehead atoms. The number of carbonyl (C=O) groups is 1. The van der Waals surface area contributed by atoms with Crippen molar-refractivity contribution in [3.05, 3.63) is 53.6 Å². The highest BCUT2D eigenvalue weighted by atomic mass is 35.5. The molecule has 0 radical (unpaired) electrons. The third-order valence-corrected chi connectivity index (χ3v) is 3.23. The van der Waals surface area contributed by atoms with Crippen LogP contribution in [0.25, 0.3) is 0 Å². The van der Waals surface area contributed by atoms with E-state index in [1.54, 1.807) is 30.6 Å². The van der Waals surface area contributed by atoms with E-state index in [1.807, 2.05) is 24.1 Å². The normalized spacial score (nSPS) is 10.6. The first kappa shape index (κ1) is 15.4. The van der Waals surface area contributed by atoms with Crippen molar-refractivity contribution in [2.75, 3.05) is 18.9 Å². The number of halogens is 1. The zero-order chi connectivity index (χ0) is 15.1. The predicted molar refractivity (Wildman–Crippen MR) is 83.1 cm³/mol. The Labute approximate surface area is 129 Å². The summed E-state index contributed by atoms with van der Waals surface area (Å²) in [6.45, 7) is 1.23. The second-order valence-electron chi connectivity index (χ2n) is 4.68. The van der Waals surface area contributed by atoms with Gasteiger partial charge in [0, 0.05) is 25.4 Å². The van der Waals surface area contributed by atoms with Crippen LogP contribution >= 0.6 is 11.6 Å². The van der Waals surface area contributed by atoms with Gasteiger partial charge in [0.15, 0.2) is 0 Å². The summed E-state index contributed by atoms with van der Waals surface area (Å²) in [5, 5.41) is 3.34. The minimum atomic E-state index is -0.0658. The maximum atomic E-state index is 11.9. The van der Waals surface area contributed by atoms with Crippen LogP contribution in [0.3, 0.4) is 0 Å². The number of hydrogen-bond acceptors (Lipinski definition) is 4. The average Bonchev–Trinajstić information content (AvgIpc) is 2.49. The number of aromatic nitrogens is 2. The average molecular weight is 305 g/mol. The summed E-state index contributed by atoms with van der Waals surface area (Å²) in [4.78, 5) is 22.2. The van der Waals surface area contributed by atoms with Gasteiger partial charge in [-0.05, 0) is 25.2 Å². The second-order valence-corrected chi connectivity index (χ2v) is 5.09. The molecule has 2 aromatic rings. The van der Waals surface area contributed by atoms with Crippen LogP contribution < -0.4 is 5.32 Å². The van der Waals surface area contributed by atoms with Crippen molar-refractivity contribution >= 4 is 23.2 Å². The first-order valence-electron chi connectivity index (χ1n) is 6.64. The van der Waals surface area contributed by atoms with E-state index in [9.17, 15) is 4.79 Å². The van der Waals surface area contributed by atoms with Crippen molar-refractivity contribution < 1.29 is 4.79 Å². The van der Waals surface area contributed by atoms with Crippen molar-refractivity contribution in [3.63, 3.8) is 0 Å². The standard InChI is InChI=1S/C15H17ClN4O/c1-20(11-14-17-8-4-9-18-14)10-7-15(21)19-13-6-3-2-5-12(13)16/h2-6,8-9H,7,10-11H2,1H3,(H,19,21). The molecule has 0 unspecified atom stereocenters. The Morgan fingerprint density at radius 2 is 1.95 bits per heavy atom. The number of hydrogen-bond donors (Lipinski definition) is 1. The lowest BCUT2D eigenvalue weighted by molar-refractivity contribution is -0.116. The van der Waals surface area contributed by atoms with E-state index in [-0.39, 0.29) is 5.91 Å². The molecule has 0 spiro atoms. The van der Waals surface area contributed by atoms with Crippen LogP contribution in [-0.2, 0) is 11.3 Å². The van der Waals surface area contributed by atoms with Crippen LogP contribution in [0.5, 0.6) is 0 Å². The van der Waals surface area contributed by atoms with Crippen LogP contribution in [0.15, 0.2) is 42.7 Å². The molecule has 0 aliphatic rings. The SMILES string of the molecule is CN(CCC(=O)Nc1ccccc1Cl)Cc1ncccn1. The molecule has 1 aromatic heterocycles. The fourth-order valence-corrected chi connectivity index (χ4v) is 1.98. The first-order valence-corrected chi connectivity index (χ1v) is 7.02. The fraction of sp³-hybridized carbons (Fsp3) is 0.267. The molecule has 0 fully saturated rings. The molecule has 1 N–H and O–H groups in total. The molecule has 1 amide bonds. The van der Waals surface area contributed by atoms with Gasteiger partial charge >= 0.3 is 0 Å². The van der Waals surface area contributed by atoms with E-state index in [0.29, 0.717) is 30.2 Å². The van der Waals surface area contributed by atoms with Crippen molar-refractivity contribution in [2.24, 2.45) is 0 Å². The van der Waals surface area contributed by atoms with Crippen LogP contribution in [0.2, 0.25) is 5.02 Å². The van der Waals surface area contributed by atoms with Crippen LogP contribution in [-0.4, -0.2) is 34.4 Å². The Kier molecular flexibility index (Phi) is 5.66. The molecule has 110 valence electrons. The molecule has 1 aromatic carbocycles. The Balaban J connectivity index is 1.77. The smallest absolute Gasteiger partial charge is 0.225 e. The van der Waals surface area contributed by atoms with Crippen molar-refractivity contribution in [1.29, 1.82) is 0 Å².